The van der Waals surface area contributed by atoms with Crippen LogP contribution >= 0.6 is 0 Å². The van der Waals surface area contributed by atoms with Gasteiger partial charge in [-0.15, -0.1) is 0 Å². The minimum absolute atomic E-state index is 0.334. The van der Waals surface area contributed by atoms with E-state index in [1.54, 1.807) is 24.7 Å². The van der Waals surface area contributed by atoms with E-state index in [4.69, 9.17) is 0 Å². The van der Waals surface area contributed by atoms with Crippen molar-refractivity contribution in [2.45, 2.75) is 25.0 Å². The third kappa shape index (κ3) is 1.96. The predicted molar refractivity (Wildman–Crippen MR) is 61.0 cm³/mol. The van der Waals surface area contributed by atoms with Gasteiger partial charge in [0.15, 0.2) is 0 Å². The summed E-state index contributed by atoms with van der Waals surface area (Å²) in [6.45, 7) is 0. The number of benzene rings is 1. The van der Waals surface area contributed by atoms with E-state index < -0.39 is 6.10 Å². The van der Waals surface area contributed by atoms with E-state index in [9.17, 15) is 9.50 Å². The van der Waals surface area contributed by atoms with Crippen LogP contribution in [0.3, 0.4) is 0 Å². The minimum Gasteiger partial charge on any atom is -0.382 e. The second kappa shape index (κ2) is 3.96. The molecule has 3 nitrogen and oxygen atoms in total. The Morgan fingerprint density at radius 2 is 2.24 bits per heavy atom. The quantitative estimate of drug-likeness (QED) is 0.882. The maximum absolute atomic E-state index is 13.1. The molecule has 0 radical (unpaired) electrons. The van der Waals surface area contributed by atoms with Crippen LogP contribution in [0.5, 0.6) is 0 Å². The molecule has 0 saturated heterocycles. The fraction of sp³-hybridized carbons (Fsp3) is 0.308. The van der Waals surface area contributed by atoms with Crippen molar-refractivity contribution in [2.75, 3.05) is 0 Å². The maximum atomic E-state index is 13.1. The van der Waals surface area contributed by atoms with E-state index in [-0.39, 0.29) is 5.82 Å². The highest BCUT2D eigenvalue weighted by Crippen LogP contribution is 2.37. The average molecular weight is 232 g/mol. The molecule has 0 spiro atoms. The summed E-state index contributed by atoms with van der Waals surface area (Å²) in [6, 6.07) is 6.50. The first-order valence-electron chi connectivity index (χ1n) is 5.71. The van der Waals surface area contributed by atoms with Crippen molar-refractivity contribution in [2.24, 2.45) is 0 Å². The molecule has 1 fully saturated rings. The Hall–Kier alpha value is -1.68. The Balaban J connectivity index is 1.95. The summed E-state index contributed by atoms with van der Waals surface area (Å²) >= 11 is 0. The lowest BCUT2D eigenvalue weighted by molar-refractivity contribution is 0.209. The average Bonchev–Trinajstić information content (AvgIpc) is 3.06. The summed E-state index contributed by atoms with van der Waals surface area (Å²) in [6.07, 6.45) is 4.82. The second-order valence-corrected chi connectivity index (χ2v) is 4.41. The molecule has 3 rings (SSSR count). The van der Waals surface area contributed by atoms with Gasteiger partial charge in [0, 0.05) is 6.04 Å². The molecule has 1 atom stereocenters. The molecule has 1 aliphatic rings. The smallest absolute Gasteiger partial charge is 0.123 e. The molecular weight excluding hydrogens is 219 g/mol. The molecule has 1 aliphatic carbocycles. The molecule has 1 heterocycles. The third-order valence-electron chi connectivity index (χ3n) is 3.08. The highest BCUT2D eigenvalue weighted by atomic mass is 19.1. The Morgan fingerprint density at radius 3 is 2.94 bits per heavy atom. The molecule has 4 heteroatoms. The third-order valence-corrected chi connectivity index (χ3v) is 3.08. The number of hydrogen-bond donors (Lipinski definition) is 1. The molecule has 0 aliphatic heterocycles. The van der Waals surface area contributed by atoms with Gasteiger partial charge in [0.05, 0.1) is 18.2 Å². The van der Waals surface area contributed by atoms with Gasteiger partial charge in [0.25, 0.3) is 0 Å². The van der Waals surface area contributed by atoms with E-state index in [0.717, 1.165) is 18.5 Å². The van der Waals surface area contributed by atoms with Gasteiger partial charge in [-0.3, -0.25) is 0 Å². The lowest BCUT2D eigenvalue weighted by atomic mass is 10.1. The van der Waals surface area contributed by atoms with Gasteiger partial charge in [0.2, 0.25) is 0 Å². The summed E-state index contributed by atoms with van der Waals surface area (Å²) in [5, 5.41) is 10.2. The Morgan fingerprint density at radius 1 is 1.41 bits per heavy atom. The van der Waals surface area contributed by atoms with E-state index >= 15 is 0 Å². The van der Waals surface area contributed by atoms with Gasteiger partial charge in [0.1, 0.15) is 11.9 Å². The van der Waals surface area contributed by atoms with Crippen LogP contribution in [0.4, 0.5) is 4.39 Å². The molecule has 1 aromatic heterocycles. The van der Waals surface area contributed by atoms with Crippen molar-refractivity contribution < 1.29 is 9.50 Å². The van der Waals surface area contributed by atoms with Crippen molar-refractivity contribution in [1.29, 1.82) is 0 Å². The molecule has 1 saturated carbocycles. The number of imidazole rings is 1. The van der Waals surface area contributed by atoms with Crippen LogP contribution in [-0.4, -0.2) is 14.7 Å². The first-order chi connectivity index (χ1) is 8.25. The summed E-state index contributed by atoms with van der Waals surface area (Å²) in [4.78, 5) is 4.06. The van der Waals surface area contributed by atoms with E-state index in [2.05, 4.69) is 4.98 Å². The van der Waals surface area contributed by atoms with Crippen LogP contribution in [0.25, 0.3) is 0 Å². The summed E-state index contributed by atoms with van der Waals surface area (Å²) in [5.41, 5.74) is 1.30. The van der Waals surface area contributed by atoms with E-state index in [1.165, 1.54) is 12.1 Å². The lowest BCUT2D eigenvalue weighted by Gasteiger charge is -2.13. The Bertz CT molecular complexity index is 534. The zero-order valence-corrected chi connectivity index (χ0v) is 9.25. The normalized spacial score (nSPS) is 17.1. The van der Waals surface area contributed by atoms with Crippen molar-refractivity contribution in [3.63, 3.8) is 0 Å². The summed E-state index contributed by atoms with van der Waals surface area (Å²) in [7, 11) is 0. The fourth-order valence-corrected chi connectivity index (χ4v) is 2.03. The summed E-state index contributed by atoms with van der Waals surface area (Å²) in [5.74, 6) is -0.334. The van der Waals surface area contributed by atoms with Gasteiger partial charge >= 0.3 is 0 Å². The number of rotatable bonds is 3. The van der Waals surface area contributed by atoms with Crippen LogP contribution in [0.15, 0.2) is 36.8 Å². The van der Waals surface area contributed by atoms with Crippen molar-refractivity contribution in [1.82, 2.24) is 9.55 Å². The van der Waals surface area contributed by atoms with Crippen LogP contribution in [0.2, 0.25) is 0 Å². The molecule has 0 bridgehead atoms. The monoisotopic (exact) mass is 232 g/mol. The second-order valence-electron chi connectivity index (χ2n) is 4.41. The summed E-state index contributed by atoms with van der Waals surface area (Å²) < 4.78 is 15.1. The molecule has 2 aromatic rings. The highest BCUT2D eigenvalue weighted by Gasteiger charge is 2.27. The largest absolute Gasteiger partial charge is 0.382 e. The molecule has 17 heavy (non-hydrogen) atoms. The number of aromatic nitrogens is 2. The maximum Gasteiger partial charge on any atom is 0.123 e. The predicted octanol–water partition coefficient (Wildman–Crippen LogP) is 2.44. The van der Waals surface area contributed by atoms with Gasteiger partial charge < -0.3 is 9.67 Å². The zero-order valence-electron chi connectivity index (χ0n) is 9.25. The van der Waals surface area contributed by atoms with Gasteiger partial charge in [-0.25, -0.2) is 9.37 Å². The molecule has 1 N–H and O–H groups in total. The van der Waals surface area contributed by atoms with Crippen molar-refractivity contribution >= 4 is 0 Å². The Labute approximate surface area is 98.5 Å². The molecule has 88 valence electrons. The fourth-order valence-electron chi connectivity index (χ4n) is 2.03. The first kappa shape index (κ1) is 10.5. The Kier molecular flexibility index (Phi) is 2.44. The van der Waals surface area contributed by atoms with Crippen LogP contribution < -0.4 is 0 Å². The minimum atomic E-state index is -0.811. The molecule has 1 unspecified atom stereocenters. The standard InChI is InChI=1S/C13H13FN2O/c14-10-3-1-2-9(6-10)13(17)12-7-15-8-16(12)11-4-5-11/h1-3,6-8,11,13,17H,4-5H2. The van der Waals surface area contributed by atoms with Crippen LogP contribution in [-0.2, 0) is 0 Å². The topological polar surface area (TPSA) is 38.1 Å². The number of aliphatic hydroxyl groups is 1. The van der Waals surface area contributed by atoms with Crippen LogP contribution in [0, 0.1) is 5.82 Å². The van der Waals surface area contributed by atoms with Crippen molar-refractivity contribution in [3.8, 4) is 0 Å². The van der Waals surface area contributed by atoms with Crippen molar-refractivity contribution in [3.05, 3.63) is 53.9 Å². The molecule has 1 aromatic carbocycles. The van der Waals surface area contributed by atoms with Gasteiger partial charge in [-0.1, -0.05) is 12.1 Å². The lowest BCUT2D eigenvalue weighted by Crippen LogP contribution is -2.07. The van der Waals surface area contributed by atoms with Gasteiger partial charge in [-0.2, -0.15) is 0 Å². The first-order valence-corrected chi connectivity index (χ1v) is 5.71. The van der Waals surface area contributed by atoms with Gasteiger partial charge in [-0.05, 0) is 30.5 Å². The SMILES string of the molecule is OC(c1cccc(F)c1)c1cncn1C1CC1. The molecular formula is C13H13FN2O. The van der Waals surface area contributed by atoms with Crippen LogP contribution in [0.1, 0.15) is 36.2 Å². The van der Waals surface area contributed by atoms with E-state index in [0.29, 0.717) is 11.6 Å². The highest BCUT2D eigenvalue weighted by molar-refractivity contribution is 5.26. The molecule has 0 amide bonds. The van der Waals surface area contributed by atoms with E-state index in [1.807, 2.05) is 4.57 Å². The zero-order chi connectivity index (χ0) is 11.8. The number of aliphatic hydroxyl groups excluding tert-OH is 1. The number of hydrogen-bond acceptors (Lipinski definition) is 2. The number of halogens is 1. The number of nitrogens with zero attached hydrogens (tertiary/aromatic N) is 2.